The molecule has 2 aromatic carbocycles. The number of carbonyl (C=O) groups is 1. The van der Waals surface area contributed by atoms with Crippen LogP contribution in [0.25, 0.3) is 5.57 Å². The number of aromatic nitrogens is 1. The van der Waals surface area contributed by atoms with Gasteiger partial charge in [0.2, 0.25) is 0 Å². The Bertz CT molecular complexity index is 1250. The molecule has 0 radical (unpaired) electrons. The monoisotopic (exact) mass is 461 g/mol. The average Bonchev–Trinajstić information content (AvgIpc) is 3.29. The Labute approximate surface area is 196 Å². The van der Waals surface area contributed by atoms with Gasteiger partial charge >= 0.3 is 0 Å². The second-order valence-corrected chi connectivity index (χ2v) is 8.25. The van der Waals surface area contributed by atoms with Crippen molar-refractivity contribution in [2.24, 2.45) is 4.99 Å². The first-order valence-electron chi connectivity index (χ1n) is 11.1. The molecule has 0 saturated heterocycles. The van der Waals surface area contributed by atoms with Crippen molar-refractivity contribution in [2.75, 3.05) is 13.2 Å². The molecule has 7 heteroatoms. The molecule has 2 heterocycles. The lowest BCUT2D eigenvalue weighted by Gasteiger charge is -2.19. The van der Waals surface area contributed by atoms with Crippen molar-refractivity contribution in [3.63, 3.8) is 0 Å². The Kier molecular flexibility index (Phi) is 7.23. The lowest BCUT2D eigenvalue weighted by atomic mass is 9.98. The molecule has 1 aliphatic rings. The van der Waals surface area contributed by atoms with Crippen LogP contribution in [-0.2, 0) is 6.42 Å². The predicted octanol–water partition coefficient (Wildman–Crippen LogP) is 4.28. The minimum Gasteiger partial charge on any atom is -0.396 e. The fourth-order valence-corrected chi connectivity index (χ4v) is 4.00. The normalized spacial score (nSPS) is 13.9. The topological polar surface area (TPSA) is 74.6 Å². The molecule has 4 rings (SSSR count). The van der Waals surface area contributed by atoms with Crippen molar-refractivity contribution in [3.8, 4) is 0 Å². The van der Waals surface area contributed by atoms with E-state index in [0.29, 0.717) is 25.1 Å². The van der Waals surface area contributed by atoms with Crippen molar-refractivity contribution >= 4 is 17.2 Å². The Balaban J connectivity index is 1.58. The third-order valence-electron chi connectivity index (χ3n) is 5.70. The van der Waals surface area contributed by atoms with Gasteiger partial charge in [-0.3, -0.25) is 14.8 Å². The molecular formula is C27H25F2N3O2. The highest BCUT2D eigenvalue weighted by Gasteiger charge is 2.23. The van der Waals surface area contributed by atoms with Gasteiger partial charge in [-0.15, -0.1) is 0 Å². The van der Waals surface area contributed by atoms with Crippen LogP contribution in [-0.4, -0.2) is 40.9 Å². The van der Waals surface area contributed by atoms with E-state index in [1.807, 2.05) is 19.1 Å². The Morgan fingerprint density at radius 3 is 2.68 bits per heavy atom. The number of nitrogens with one attached hydrogen (secondary N) is 1. The number of hydrogen-bond donors (Lipinski definition) is 2. The molecular weight excluding hydrogens is 436 g/mol. The Morgan fingerprint density at radius 2 is 1.94 bits per heavy atom. The number of rotatable bonds is 8. The van der Waals surface area contributed by atoms with Crippen molar-refractivity contribution in [3.05, 3.63) is 106 Å². The standard InChI is InChI=1S/C27H25F2N3O2/c1-17-9-11-30-22(13-17)15-21(10-12-33)32-27(34)23-3-2-4-24(29)26(23)25-14-19(16-31-25)18-5-7-20(28)8-6-18/h2-9,11,13-14,21,33H,10,12,15-16H2,1H3,(H,32,34)/t21-/m1/s1. The van der Waals surface area contributed by atoms with Crippen LogP contribution in [0.5, 0.6) is 0 Å². The molecule has 1 aromatic heterocycles. The molecule has 1 amide bonds. The van der Waals surface area contributed by atoms with Crippen molar-refractivity contribution in [1.29, 1.82) is 0 Å². The number of aryl methyl sites for hydroxylation is 1. The largest absolute Gasteiger partial charge is 0.396 e. The number of amides is 1. The van der Waals surface area contributed by atoms with Crippen LogP contribution in [0.4, 0.5) is 8.78 Å². The number of benzene rings is 2. The molecule has 0 fully saturated rings. The van der Waals surface area contributed by atoms with Crippen LogP contribution in [0.3, 0.4) is 0 Å². The van der Waals surface area contributed by atoms with Gasteiger partial charge < -0.3 is 10.4 Å². The first-order chi connectivity index (χ1) is 16.4. The van der Waals surface area contributed by atoms with Crippen LogP contribution < -0.4 is 5.32 Å². The Morgan fingerprint density at radius 1 is 1.15 bits per heavy atom. The summed E-state index contributed by atoms with van der Waals surface area (Å²) in [6, 6.07) is 13.8. The quantitative estimate of drug-likeness (QED) is 0.526. The van der Waals surface area contributed by atoms with Crippen LogP contribution in [0.2, 0.25) is 0 Å². The molecule has 1 aliphatic heterocycles. The number of aliphatic hydroxyl groups excluding tert-OH is 1. The van der Waals surface area contributed by atoms with Gasteiger partial charge in [0.25, 0.3) is 5.91 Å². The molecule has 5 nitrogen and oxygen atoms in total. The smallest absolute Gasteiger partial charge is 0.252 e. The zero-order valence-electron chi connectivity index (χ0n) is 18.8. The molecule has 1 atom stereocenters. The number of aliphatic imine (C=N–C) groups is 1. The number of nitrogens with zero attached hydrogens (tertiary/aromatic N) is 2. The van der Waals surface area contributed by atoms with Gasteiger partial charge in [0.05, 0.1) is 17.8 Å². The second kappa shape index (κ2) is 10.5. The number of carbonyl (C=O) groups excluding carboxylic acids is 1. The predicted molar refractivity (Wildman–Crippen MR) is 128 cm³/mol. The molecule has 0 saturated carbocycles. The molecule has 34 heavy (non-hydrogen) atoms. The van der Waals surface area contributed by atoms with E-state index >= 15 is 0 Å². The second-order valence-electron chi connectivity index (χ2n) is 8.25. The lowest BCUT2D eigenvalue weighted by Crippen LogP contribution is -2.38. The van der Waals surface area contributed by atoms with Gasteiger partial charge in [0.1, 0.15) is 11.6 Å². The fourth-order valence-electron chi connectivity index (χ4n) is 4.00. The summed E-state index contributed by atoms with van der Waals surface area (Å²) in [4.78, 5) is 22.0. The molecule has 2 N–H and O–H groups in total. The van der Waals surface area contributed by atoms with Crippen LogP contribution in [0, 0.1) is 18.6 Å². The summed E-state index contributed by atoms with van der Waals surface area (Å²) in [6.07, 6.45) is 4.20. The van der Waals surface area contributed by atoms with E-state index in [1.54, 1.807) is 30.5 Å². The highest BCUT2D eigenvalue weighted by molar-refractivity contribution is 6.19. The average molecular weight is 462 g/mol. The number of pyridine rings is 1. The first kappa shape index (κ1) is 23.4. The highest BCUT2D eigenvalue weighted by atomic mass is 19.1. The van der Waals surface area contributed by atoms with Crippen LogP contribution >= 0.6 is 0 Å². The van der Waals surface area contributed by atoms with E-state index in [9.17, 15) is 18.7 Å². The van der Waals surface area contributed by atoms with Crippen molar-refractivity contribution in [2.45, 2.75) is 25.8 Å². The van der Waals surface area contributed by atoms with Gasteiger partial charge in [0.15, 0.2) is 0 Å². The number of aliphatic hydroxyl groups is 1. The van der Waals surface area contributed by atoms with Crippen LogP contribution in [0.1, 0.15) is 39.2 Å². The maximum Gasteiger partial charge on any atom is 0.252 e. The maximum absolute atomic E-state index is 14.9. The molecule has 174 valence electrons. The third-order valence-corrected chi connectivity index (χ3v) is 5.70. The van der Waals surface area contributed by atoms with Gasteiger partial charge in [0, 0.05) is 36.5 Å². The summed E-state index contributed by atoms with van der Waals surface area (Å²) in [6.45, 7) is 2.16. The Hall–Kier alpha value is -3.71. The summed E-state index contributed by atoms with van der Waals surface area (Å²) >= 11 is 0. The molecule has 0 aliphatic carbocycles. The lowest BCUT2D eigenvalue weighted by molar-refractivity contribution is 0.0929. The summed E-state index contributed by atoms with van der Waals surface area (Å²) < 4.78 is 28.2. The summed E-state index contributed by atoms with van der Waals surface area (Å²) in [7, 11) is 0. The molecule has 0 unspecified atom stereocenters. The zero-order chi connectivity index (χ0) is 24.1. The summed E-state index contributed by atoms with van der Waals surface area (Å²) in [5.74, 6) is -1.34. The fraction of sp³-hybridized carbons (Fsp3) is 0.222. The van der Waals surface area contributed by atoms with E-state index in [2.05, 4.69) is 15.3 Å². The number of halogens is 2. The van der Waals surface area contributed by atoms with E-state index < -0.39 is 11.7 Å². The van der Waals surface area contributed by atoms with E-state index in [-0.39, 0.29) is 29.6 Å². The first-order valence-corrected chi connectivity index (χ1v) is 11.1. The van der Waals surface area contributed by atoms with Crippen LogP contribution in [0.15, 0.2) is 71.9 Å². The minimum atomic E-state index is -0.554. The van der Waals surface area contributed by atoms with Crippen molar-refractivity contribution in [1.82, 2.24) is 10.3 Å². The van der Waals surface area contributed by atoms with Crippen molar-refractivity contribution < 1.29 is 18.7 Å². The van der Waals surface area contributed by atoms with Gasteiger partial charge in [-0.25, -0.2) is 8.78 Å². The maximum atomic E-state index is 14.9. The van der Waals surface area contributed by atoms with E-state index in [0.717, 1.165) is 22.4 Å². The van der Waals surface area contributed by atoms with E-state index in [4.69, 9.17) is 0 Å². The SMILES string of the molecule is Cc1ccnc(C[C@@H](CCO)NC(=O)c2cccc(F)c2C2=NCC(c3ccc(F)cc3)=C2)c1. The third kappa shape index (κ3) is 5.43. The number of allylic oxidation sites excluding steroid dienone is 1. The van der Waals surface area contributed by atoms with E-state index in [1.165, 1.54) is 24.3 Å². The van der Waals surface area contributed by atoms with Gasteiger partial charge in [-0.1, -0.05) is 18.2 Å². The summed E-state index contributed by atoms with van der Waals surface area (Å²) in [5, 5.41) is 12.4. The molecule has 0 spiro atoms. The zero-order valence-corrected chi connectivity index (χ0v) is 18.8. The highest BCUT2D eigenvalue weighted by Crippen LogP contribution is 2.25. The van der Waals surface area contributed by atoms with Gasteiger partial charge in [-0.05, 0) is 72.5 Å². The summed E-state index contributed by atoms with van der Waals surface area (Å²) in [5.41, 5.74) is 4.09. The number of hydrogen-bond acceptors (Lipinski definition) is 4. The van der Waals surface area contributed by atoms with Gasteiger partial charge in [-0.2, -0.15) is 0 Å². The minimum absolute atomic E-state index is 0.108. The molecule has 3 aromatic rings. The molecule has 0 bridgehead atoms.